The first kappa shape index (κ1) is 22.3. The first-order valence-corrected chi connectivity index (χ1v) is 8.66. The van der Waals surface area contributed by atoms with Crippen molar-refractivity contribution in [3.05, 3.63) is 59.7 Å². The maximum atomic E-state index is 11.0. The predicted octanol–water partition coefficient (Wildman–Crippen LogP) is 3.51. The standard InChI is InChI=1S/C20H25N3O3.ClH/c21-19(22)15-5-9-17(10-6-15)25-13-3-1-2-4-14-26-18-11-7-16(8-12-18)20(23)24;/h5-12H,1-4,13-14H2,(H3,21,22)(H2,23,24);1H. The van der Waals surface area contributed by atoms with Gasteiger partial charge in [-0.25, -0.2) is 0 Å². The Morgan fingerprint density at radius 1 is 0.741 bits per heavy atom. The Labute approximate surface area is 165 Å². The summed E-state index contributed by atoms with van der Waals surface area (Å²) < 4.78 is 11.3. The molecule has 1 amide bonds. The molecule has 27 heavy (non-hydrogen) atoms. The normalized spacial score (nSPS) is 9.93. The number of hydrogen-bond donors (Lipinski definition) is 3. The summed E-state index contributed by atoms with van der Waals surface area (Å²) in [7, 11) is 0. The number of primary amides is 1. The van der Waals surface area contributed by atoms with Crippen LogP contribution in [0.25, 0.3) is 0 Å². The van der Waals surface area contributed by atoms with Crippen molar-refractivity contribution in [2.24, 2.45) is 11.5 Å². The van der Waals surface area contributed by atoms with E-state index in [1.807, 2.05) is 12.1 Å². The Morgan fingerprint density at radius 3 is 1.52 bits per heavy atom. The Bertz CT molecular complexity index is 655. The van der Waals surface area contributed by atoms with E-state index in [1.54, 1.807) is 36.4 Å². The first-order valence-electron chi connectivity index (χ1n) is 8.66. The minimum absolute atomic E-state index is 0. The van der Waals surface area contributed by atoms with Crippen LogP contribution in [-0.2, 0) is 0 Å². The first-order chi connectivity index (χ1) is 12.6. The zero-order chi connectivity index (χ0) is 18.8. The molecule has 0 radical (unpaired) electrons. The van der Waals surface area contributed by atoms with E-state index in [-0.39, 0.29) is 18.2 Å². The highest BCUT2D eigenvalue weighted by molar-refractivity contribution is 5.95. The number of amidine groups is 1. The summed E-state index contributed by atoms with van der Waals surface area (Å²) in [6, 6.07) is 14.1. The number of halogens is 1. The molecule has 0 bridgehead atoms. The van der Waals surface area contributed by atoms with Crippen molar-refractivity contribution >= 4 is 24.1 Å². The lowest BCUT2D eigenvalue weighted by Gasteiger charge is -2.08. The molecule has 0 aliphatic rings. The molecule has 0 aliphatic carbocycles. The lowest BCUT2D eigenvalue weighted by atomic mass is 10.2. The molecule has 0 aliphatic heterocycles. The van der Waals surface area contributed by atoms with Crippen LogP contribution >= 0.6 is 12.4 Å². The molecule has 0 heterocycles. The van der Waals surface area contributed by atoms with E-state index in [4.69, 9.17) is 26.4 Å². The Hall–Kier alpha value is -2.73. The molecule has 5 N–H and O–H groups in total. The fourth-order valence-corrected chi connectivity index (χ4v) is 2.38. The number of hydrogen-bond acceptors (Lipinski definition) is 4. The van der Waals surface area contributed by atoms with Gasteiger partial charge < -0.3 is 20.9 Å². The largest absolute Gasteiger partial charge is 0.494 e. The van der Waals surface area contributed by atoms with Crippen LogP contribution in [0.4, 0.5) is 0 Å². The number of benzene rings is 2. The summed E-state index contributed by atoms with van der Waals surface area (Å²) in [6.07, 6.45) is 4.06. The van der Waals surface area contributed by atoms with Gasteiger partial charge in [-0.1, -0.05) is 0 Å². The molecule has 2 rings (SSSR count). The highest BCUT2D eigenvalue weighted by Gasteiger charge is 2.01. The van der Waals surface area contributed by atoms with Gasteiger partial charge in [0.15, 0.2) is 0 Å². The van der Waals surface area contributed by atoms with E-state index in [0.717, 1.165) is 37.2 Å². The van der Waals surface area contributed by atoms with Crippen molar-refractivity contribution < 1.29 is 14.3 Å². The quantitative estimate of drug-likeness (QED) is 0.309. The van der Waals surface area contributed by atoms with Gasteiger partial charge in [-0.2, -0.15) is 0 Å². The minimum atomic E-state index is -0.437. The van der Waals surface area contributed by atoms with Crippen molar-refractivity contribution in [2.75, 3.05) is 13.2 Å². The Kier molecular flexibility index (Phi) is 9.75. The van der Waals surface area contributed by atoms with Gasteiger partial charge in [0.05, 0.1) is 13.2 Å². The molecule has 6 nitrogen and oxygen atoms in total. The van der Waals surface area contributed by atoms with E-state index in [9.17, 15) is 4.79 Å². The lowest BCUT2D eigenvalue weighted by Crippen LogP contribution is -2.10. The zero-order valence-corrected chi connectivity index (χ0v) is 16.0. The van der Waals surface area contributed by atoms with Crippen molar-refractivity contribution in [3.63, 3.8) is 0 Å². The molecular weight excluding hydrogens is 366 g/mol. The van der Waals surface area contributed by atoms with Gasteiger partial charge in [0.1, 0.15) is 17.3 Å². The Balaban J connectivity index is 0.00000364. The second-order valence-corrected chi connectivity index (χ2v) is 5.94. The van der Waals surface area contributed by atoms with E-state index >= 15 is 0 Å². The number of nitrogens with two attached hydrogens (primary N) is 2. The van der Waals surface area contributed by atoms with Crippen LogP contribution in [0.1, 0.15) is 41.6 Å². The van der Waals surface area contributed by atoms with Gasteiger partial charge in [0.25, 0.3) is 0 Å². The van der Waals surface area contributed by atoms with Crippen LogP contribution < -0.4 is 20.9 Å². The van der Waals surface area contributed by atoms with Gasteiger partial charge in [-0.3, -0.25) is 10.2 Å². The highest BCUT2D eigenvalue weighted by Crippen LogP contribution is 2.14. The summed E-state index contributed by atoms with van der Waals surface area (Å²) >= 11 is 0. The second-order valence-electron chi connectivity index (χ2n) is 5.94. The predicted molar refractivity (Wildman–Crippen MR) is 109 cm³/mol. The van der Waals surface area contributed by atoms with Gasteiger partial charge >= 0.3 is 0 Å². The number of ether oxygens (including phenoxy) is 2. The average Bonchev–Trinajstić information content (AvgIpc) is 2.64. The summed E-state index contributed by atoms with van der Waals surface area (Å²) in [6.45, 7) is 1.30. The number of unbranched alkanes of at least 4 members (excludes halogenated alkanes) is 3. The van der Waals surface area contributed by atoms with Crippen molar-refractivity contribution in [2.45, 2.75) is 25.7 Å². The summed E-state index contributed by atoms with van der Waals surface area (Å²) in [5.74, 6) is 1.15. The molecular formula is C20H26ClN3O3. The van der Waals surface area contributed by atoms with E-state index < -0.39 is 5.91 Å². The summed E-state index contributed by atoms with van der Waals surface area (Å²) in [5.41, 5.74) is 11.8. The molecule has 0 aromatic heterocycles. The summed E-state index contributed by atoms with van der Waals surface area (Å²) in [4.78, 5) is 11.0. The van der Waals surface area contributed by atoms with E-state index in [1.165, 1.54) is 0 Å². The molecule has 7 heteroatoms. The summed E-state index contributed by atoms with van der Waals surface area (Å²) in [5, 5.41) is 7.34. The smallest absolute Gasteiger partial charge is 0.248 e. The average molecular weight is 392 g/mol. The van der Waals surface area contributed by atoms with Crippen molar-refractivity contribution in [1.82, 2.24) is 0 Å². The topological polar surface area (TPSA) is 111 Å². The van der Waals surface area contributed by atoms with Crippen LogP contribution in [-0.4, -0.2) is 25.0 Å². The molecule has 0 fully saturated rings. The number of amides is 1. The van der Waals surface area contributed by atoms with Gasteiger partial charge in [-0.15, -0.1) is 12.4 Å². The van der Waals surface area contributed by atoms with Crippen molar-refractivity contribution in [3.8, 4) is 11.5 Å². The highest BCUT2D eigenvalue weighted by atomic mass is 35.5. The molecule has 0 saturated carbocycles. The number of carbonyl (C=O) groups is 1. The third-order valence-corrected chi connectivity index (χ3v) is 3.88. The van der Waals surface area contributed by atoms with E-state index in [0.29, 0.717) is 24.3 Å². The molecule has 0 atom stereocenters. The molecule has 0 saturated heterocycles. The number of nitrogens with one attached hydrogen (secondary N) is 1. The number of rotatable bonds is 11. The number of carbonyl (C=O) groups excluding carboxylic acids is 1. The fraction of sp³-hybridized carbons (Fsp3) is 0.300. The minimum Gasteiger partial charge on any atom is -0.494 e. The maximum absolute atomic E-state index is 11.0. The van der Waals surface area contributed by atoms with E-state index in [2.05, 4.69) is 0 Å². The third kappa shape index (κ3) is 8.00. The van der Waals surface area contributed by atoms with Crippen LogP contribution in [0.15, 0.2) is 48.5 Å². The lowest BCUT2D eigenvalue weighted by molar-refractivity contribution is 0.1000. The van der Waals surface area contributed by atoms with Crippen LogP contribution in [0, 0.1) is 5.41 Å². The fourth-order valence-electron chi connectivity index (χ4n) is 2.38. The Morgan fingerprint density at radius 2 is 1.15 bits per heavy atom. The van der Waals surface area contributed by atoms with Crippen molar-refractivity contribution in [1.29, 1.82) is 5.41 Å². The molecule has 0 unspecified atom stereocenters. The zero-order valence-electron chi connectivity index (χ0n) is 15.1. The molecule has 146 valence electrons. The monoisotopic (exact) mass is 391 g/mol. The third-order valence-electron chi connectivity index (χ3n) is 3.88. The van der Waals surface area contributed by atoms with Crippen LogP contribution in [0.5, 0.6) is 11.5 Å². The molecule has 0 spiro atoms. The maximum Gasteiger partial charge on any atom is 0.248 e. The van der Waals surface area contributed by atoms with Gasteiger partial charge in [-0.05, 0) is 74.2 Å². The van der Waals surface area contributed by atoms with Gasteiger partial charge in [0.2, 0.25) is 5.91 Å². The molecule has 2 aromatic carbocycles. The SMILES string of the molecule is Cl.N=C(N)c1ccc(OCCCCCCOc2ccc(C(N)=O)cc2)cc1. The van der Waals surface area contributed by atoms with Crippen LogP contribution in [0.3, 0.4) is 0 Å². The number of nitrogen functional groups attached to an aromatic ring is 1. The second kappa shape index (κ2) is 11.8. The van der Waals surface area contributed by atoms with Gasteiger partial charge in [0, 0.05) is 11.1 Å². The molecule has 2 aromatic rings. The van der Waals surface area contributed by atoms with Crippen LogP contribution in [0.2, 0.25) is 0 Å².